The molecule has 0 aliphatic heterocycles. The third-order valence-corrected chi connectivity index (χ3v) is 2.04. The summed E-state index contributed by atoms with van der Waals surface area (Å²) in [6.07, 6.45) is 1.95. The average molecular weight is 196 g/mol. The van der Waals surface area contributed by atoms with Gasteiger partial charge < -0.3 is 4.57 Å². The van der Waals surface area contributed by atoms with Crippen LogP contribution >= 0.6 is 0 Å². The molecule has 0 radical (unpaired) electrons. The predicted molar refractivity (Wildman–Crippen MR) is 62.7 cm³/mol. The largest absolute Gasteiger partial charge is 0.332 e. The van der Waals surface area contributed by atoms with Crippen LogP contribution in [0.1, 0.15) is 53.1 Å². The van der Waals surface area contributed by atoms with Crippen LogP contribution in [0.25, 0.3) is 0 Å². The fourth-order valence-corrected chi connectivity index (χ4v) is 1.46. The smallest absolute Gasteiger partial charge is 0.114 e. The molecule has 2 heteroatoms. The van der Waals surface area contributed by atoms with Crippen LogP contribution in [0.15, 0.2) is 6.20 Å². The summed E-state index contributed by atoms with van der Waals surface area (Å²) < 4.78 is 2.26. The van der Waals surface area contributed by atoms with E-state index in [2.05, 4.69) is 44.2 Å². The Morgan fingerprint density at radius 3 is 2.07 bits per heavy atom. The van der Waals surface area contributed by atoms with Crippen molar-refractivity contribution in [1.82, 2.24) is 9.55 Å². The number of nitrogens with zero attached hydrogens (tertiary/aromatic N) is 2. The number of hydrogen-bond donors (Lipinski definition) is 0. The molecule has 0 aliphatic rings. The van der Waals surface area contributed by atoms with Crippen LogP contribution in [0.5, 0.6) is 0 Å². The molecule has 0 bridgehead atoms. The lowest BCUT2D eigenvalue weighted by Crippen LogP contribution is -2.19. The molecule has 0 spiro atoms. The fourth-order valence-electron chi connectivity index (χ4n) is 1.46. The second kappa shape index (κ2) is 5.18. The zero-order chi connectivity index (χ0) is 11.4. The van der Waals surface area contributed by atoms with Crippen molar-refractivity contribution >= 4 is 0 Å². The van der Waals surface area contributed by atoms with Crippen molar-refractivity contribution in [1.29, 1.82) is 0 Å². The van der Waals surface area contributed by atoms with Gasteiger partial charge in [0.25, 0.3) is 0 Å². The summed E-state index contributed by atoms with van der Waals surface area (Å²) in [5, 5.41) is 0. The molecule has 0 N–H and O–H groups in total. The lowest BCUT2D eigenvalue weighted by Gasteiger charge is -2.19. The standard InChI is InChI=1S/C10H18N2.C2H6/c1-6-12-8(2)7-11-9(12)10(3,4)5;1-2/h7H,6H2,1-5H3;1-2H3. The Bertz CT molecular complexity index is 266. The van der Waals surface area contributed by atoms with Crippen molar-refractivity contribution in [3.8, 4) is 0 Å². The zero-order valence-corrected chi connectivity index (χ0v) is 10.7. The van der Waals surface area contributed by atoms with Crippen molar-refractivity contribution in [3.05, 3.63) is 17.7 Å². The maximum Gasteiger partial charge on any atom is 0.114 e. The van der Waals surface area contributed by atoms with Crippen LogP contribution in [-0.2, 0) is 12.0 Å². The number of imidazole rings is 1. The molecule has 2 nitrogen and oxygen atoms in total. The van der Waals surface area contributed by atoms with Gasteiger partial charge in [-0.25, -0.2) is 4.98 Å². The second-order valence-corrected chi connectivity index (χ2v) is 4.22. The molecular weight excluding hydrogens is 172 g/mol. The first-order valence-electron chi connectivity index (χ1n) is 5.49. The van der Waals surface area contributed by atoms with Gasteiger partial charge in [0, 0.05) is 23.9 Å². The zero-order valence-electron chi connectivity index (χ0n) is 10.7. The minimum Gasteiger partial charge on any atom is -0.332 e. The van der Waals surface area contributed by atoms with Gasteiger partial charge in [0.05, 0.1) is 0 Å². The molecule has 0 amide bonds. The van der Waals surface area contributed by atoms with Gasteiger partial charge in [0.2, 0.25) is 0 Å². The normalized spacial score (nSPS) is 10.8. The molecule has 0 saturated heterocycles. The molecule has 0 aromatic carbocycles. The van der Waals surface area contributed by atoms with Gasteiger partial charge in [-0.05, 0) is 13.8 Å². The summed E-state index contributed by atoms with van der Waals surface area (Å²) in [5.41, 5.74) is 1.41. The van der Waals surface area contributed by atoms with Gasteiger partial charge in [-0.1, -0.05) is 34.6 Å². The molecule has 0 aliphatic carbocycles. The van der Waals surface area contributed by atoms with Crippen molar-refractivity contribution in [2.75, 3.05) is 0 Å². The van der Waals surface area contributed by atoms with E-state index in [9.17, 15) is 0 Å². The van der Waals surface area contributed by atoms with Crippen molar-refractivity contribution in [2.45, 2.75) is 60.4 Å². The highest BCUT2D eigenvalue weighted by atomic mass is 15.1. The van der Waals surface area contributed by atoms with E-state index in [-0.39, 0.29) is 5.41 Å². The molecule has 0 unspecified atom stereocenters. The summed E-state index contributed by atoms with van der Waals surface area (Å²) in [4.78, 5) is 4.42. The Hall–Kier alpha value is -0.790. The molecule has 82 valence electrons. The third kappa shape index (κ3) is 2.86. The third-order valence-electron chi connectivity index (χ3n) is 2.04. The van der Waals surface area contributed by atoms with Crippen LogP contribution < -0.4 is 0 Å². The lowest BCUT2D eigenvalue weighted by atomic mass is 9.96. The highest BCUT2D eigenvalue weighted by Gasteiger charge is 2.20. The van der Waals surface area contributed by atoms with Gasteiger partial charge in [-0.2, -0.15) is 0 Å². The number of hydrogen-bond acceptors (Lipinski definition) is 1. The van der Waals surface area contributed by atoms with Crippen LogP contribution in [0.2, 0.25) is 0 Å². The second-order valence-electron chi connectivity index (χ2n) is 4.22. The van der Waals surface area contributed by atoms with Gasteiger partial charge in [-0.15, -0.1) is 0 Å². The van der Waals surface area contributed by atoms with Gasteiger partial charge >= 0.3 is 0 Å². The van der Waals surface area contributed by atoms with Gasteiger partial charge in [0.15, 0.2) is 0 Å². The Balaban J connectivity index is 0.000000791. The van der Waals surface area contributed by atoms with E-state index >= 15 is 0 Å². The average Bonchev–Trinajstić information content (AvgIpc) is 2.49. The Morgan fingerprint density at radius 1 is 1.29 bits per heavy atom. The number of aryl methyl sites for hydroxylation is 1. The van der Waals surface area contributed by atoms with Crippen molar-refractivity contribution < 1.29 is 0 Å². The summed E-state index contributed by atoms with van der Waals surface area (Å²) in [6, 6.07) is 0. The summed E-state index contributed by atoms with van der Waals surface area (Å²) in [7, 11) is 0. The van der Waals surface area contributed by atoms with E-state index in [4.69, 9.17) is 0 Å². The highest BCUT2D eigenvalue weighted by molar-refractivity contribution is 5.10. The summed E-state index contributed by atoms with van der Waals surface area (Å²) in [6.45, 7) is 15.9. The maximum atomic E-state index is 4.42. The molecule has 1 aromatic rings. The molecule has 1 rings (SSSR count). The van der Waals surface area contributed by atoms with Crippen LogP contribution in [0, 0.1) is 6.92 Å². The van der Waals surface area contributed by atoms with E-state index < -0.39 is 0 Å². The molecule has 0 saturated carbocycles. The van der Waals surface area contributed by atoms with Crippen LogP contribution in [0.4, 0.5) is 0 Å². The Morgan fingerprint density at radius 2 is 1.79 bits per heavy atom. The number of aromatic nitrogens is 2. The van der Waals surface area contributed by atoms with E-state index in [1.165, 1.54) is 11.5 Å². The molecular formula is C12H24N2. The van der Waals surface area contributed by atoms with E-state index in [1.54, 1.807) is 0 Å². The topological polar surface area (TPSA) is 17.8 Å². The first-order chi connectivity index (χ1) is 6.46. The van der Waals surface area contributed by atoms with Crippen molar-refractivity contribution in [2.24, 2.45) is 0 Å². The number of rotatable bonds is 1. The first-order valence-corrected chi connectivity index (χ1v) is 5.49. The summed E-state index contributed by atoms with van der Waals surface area (Å²) >= 11 is 0. The molecule has 1 heterocycles. The Labute approximate surface area is 88.4 Å². The SMILES string of the molecule is CC.CCn1c(C)cnc1C(C)(C)C. The summed E-state index contributed by atoms with van der Waals surface area (Å²) in [5.74, 6) is 1.18. The minimum absolute atomic E-state index is 0.157. The quantitative estimate of drug-likeness (QED) is 0.672. The molecule has 1 aromatic heterocycles. The van der Waals surface area contributed by atoms with Crippen LogP contribution in [-0.4, -0.2) is 9.55 Å². The van der Waals surface area contributed by atoms with Crippen molar-refractivity contribution in [3.63, 3.8) is 0 Å². The maximum absolute atomic E-state index is 4.42. The predicted octanol–water partition coefficient (Wildman–Crippen LogP) is 3.54. The monoisotopic (exact) mass is 196 g/mol. The first kappa shape index (κ1) is 13.2. The van der Waals surface area contributed by atoms with Gasteiger partial charge in [0.1, 0.15) is 5.82 Å². The van der Waals surface area contributed by atoms with E-state index in [0.29, 0.717) is 0 Å². The molecule has 14 heavy (non-hydrogen) atoms. The van der Waals surface area contributed by atoms with Crippen LogP contribution in [0.3, 0.4) is 0 Å². The molecule has 0 atom stereocenters. The van der Waals surface area contributed by atoms with Gasteiger partial charge in [-0.3, -0.25) is 0 Å². The lowest BCUT2D eigenvalue weighted by molar-refractivity contribution is 0.502. The molecule has 0 fully saturated rings. The van der Waals surface area contributed by atoms with E-state index in [0.717, 1.165) is 6.54 Å². The highest BCUT2D eigenvalue weighted by Crippen LogP contribution is 2.21. The minimum atomic E-state index is 0.157. The fraction of sp³-hybridized carbons (Fsp3) is 0.750. The Kier molecular flexibility index (Phi) is 4.89. The van der Waals surface area contributed by atoms with E-state index in [1.807, 2.05) is 20.0 Å².